The Hall–Kier alpha value is -3.33. The molecular weight excluding hydrogens is 326 g/mol. The number of piperazine rings is 1. The lowest BCUT2D eigenvalue weighted by Crippen LogP contribution is -2.64. The second-order valence-electron chi connectivity index (χ2n) is 6.50. The molecule has 1 fully saturated rings. The molecule has 0 radical (unpaired) electrons. The number of rotatable bonds is 2. The van der Waals surface area contributed by atoms with Crippen LogP contribution in [0.5, 0.6) is 0 Å². The normalized spacial score (nSPS) is 19.7. The maximum atomic E-state index is 12.6. The Morgan fingerprint density at radius 1 is 1.04 bits per heavy atom. The third-order valence-electron chi connectivity index (χ3n) is 4.83. The van der Waals surface area contributed by atoms with E-state index in [2.05, 4.69) is 22.1 Å². The second-order valence-corrected chi connectivity index (χ2v) is 6.50. The monoisotopic (exact) mass is 345 g/mol. The van der Waals surface area contributed by atoms with E-state index in [4.69, 9.17) is 0 Å². The van der Waals surface area contributed by atoms with E-state index in [9.17, 15) is 10.1 Å². The van der Waals surface area contributed by atoms with E-state index in [1.165, 1.54) is 0 Å². The van der Waals surface area contributed by atoms with Crippen LogP contribution in [0.2, 0.25) is 0 Å². The molecule has 1 amide bonds. The number of fused-ring (bicyclic) bond motifs is 1. The van der Waals surface area contributed by atoms with Gasteiger partial charge in [0.2, 0.25) is 5.71 Å². The molecule has 0 unspecified atom stereocenters. The lowest BCUT2D eigenvalue weighted by Gasteiger charge is -2.47. The molecule has 6 heteroatoms. The predicted molar refractivity (Wildman–Crippen MR) is 101 cm³/mol. The summed E-state index contributed by atoms with van der Waals surface area (Å²) in [6.45, 7) is 3.94. The molecule has 4 rings (SSSR count). The Kier molecular flexibility index (Phi) is 4.05. The molecule has 0 N–H and O–H groups in total. The van der Waals surface area contributed by atoms with Gasteiger partial charge in [-0.2, -0.15) is 10.4 Å². The molecular formula is C20H19N5O. The molecule has 2 aromatic carbocycles. The Balaban J connectivity index is 1.71. The van der Waals surface area contributed by atoms with Gasteiger partial charge in [0.15, 0.2) is 0 Å². The van der Waals surface area contributed by atoms with Crippen molar-refractivity contribution in [3.05, 3.63) is 60.2 Å². The van der Waals surface area contributed by atoms with Crippen LogP contribution in [-0.2, 0) is 4.79 Å². The molecule has 130 valence electrons. The third-order valence-corrected chi connectivity index (χ3v) is 4.83. The van der Waals surface area contributed by atoms with Gasteiger partial charge in [-0.15, -0.1) is 0 Å². The van der Waals surface area contributed by atoms with Gasteiger partial charge in [-0.3, -0.25) is 4.79 Å². The lowest BCUT2D eigenvalue weighted by atomic mass is 10.1. The van der Waals surface area contributed by atoms with E-state index in [1.54, 1.807) is 9.91 Å². The van der Waals surface area contributed by atoms with Gasteiger partial charge in [-0.05, 0) is 31.2 Å². The van der Waals surface area contributed by atoms with Gasteiger partial charge in [0.05, 0.1) is 12.2 Å². The summed E-state index contributed by atoms with van der Waals surface area (Å²) in [5.41, 5.74) is 3.09. The van der Waals surface area contributed by atoms with Crippen LogP contribution in [0, 0.1) is 18.3 Å². The van der Waals surface area contributed by atoms with Crippen LogP contribution in [-0.4, -0.2) is 42.3 Å². The van der Waals surface area contributed by atoms with E-state index < -0.39 is 0 Å². The predicted octanol–water partition coefficient (Wildman–Crippen LogP) is 2.37. The van der Waals surface area contributed by atoms with Crippen LogP contribution < -0.4 is 9.91 Å². The highest BCUT2D eigenvalue weighted by Gasteiger charge is 2.40. The summed E-state index contributed by atoms with van der Waals surface area (Å²) in [6, 6.07) is 20.1. The van der Waals surface area contributed by atoms with Gasteiger partial charge < -0.3 is 9.80 Å². The van der Waals surface area contributed by atoms with Crippen LogP contribution in [0.25, 0.3) is 0 Å². The van der Waals surface area contributed by atoms with Gasteiger partial charge in [0, 0.05) is 18.8 Å². The number of hydrazone groups is 1. The molecule has 2 heterocycles. The first-order valence-electron chi connectivity index (χ1n) is 8.63. The van der Waals surface area contributed by atoms with Crippen LogP contribution in [0.15, 0.2) is 59.7 Å². The largest absolute Gasteiger partial charge is 0.366 e. The molecule has 0 saturated carbocycles. The van der Waals surface area contributed by atoms with Crippen molar-refractivity contribution < 1.29 is 4.79 Å². The average molecular weight is 345 g/mol. The fourth-order valence-electron chi connectivity index (χ4n) is 3.43. The Labute approximate surface area is 152 Å². The molecule has 2 aliphatic heterocycles. The van der Waals surface area contributed by atoms with Crippen LogP contribution in [0.4, 0.5) is 11.4 Å². The minimum atomic E-state index is -0.284. The zero-order valence-electron chi connectivity index (χ0n) is 14.5. The minimum Gasteiger partial charge on any atom is -0.366 e. The SMILES string of the molecule is Cc1ccc(N2N=C(C#N)C(=O)N3CCN(c4ccccc4)C[C@@H]32)cc1. The van der Waals surface area contributed by atoms with Gasteiger partial charge in [0.1, 0.15) is 12.2 Å². The fourth-order valence-corrected chi connectivity index (χ4v) is 3.43. The number of anilines is 2. The summed E-state index contributed by atoms with van der Waals surface area (Å²) in [5.74, 6) is -0.284. The number of carbonyl (C=O) groups is 1. The summed E-state index contributed by atoms with van der Waals surface area (Å²) in [5, 5.41) is 15.5. The van der Waals surface area contributed by atoms with E-state index >= 15 is 0 Å². The smallest absolute Gasteiger partial charge is 0.287 e. The number of hydrogen-bond acceptors (Lipinski definition) is 5. The lowest BCUT2D eigenvalue weighted by molar-refractivity contribution is -0.127. The second kappa shape index (κ2) is 6.52. The van der Waals surface area contributed by atoms with E-state index in [-0.39, 0.29) is 17.8 Å². The summed E-state index contributed by atoms with van der Waals surface area (Å²) in [6.07, 6.45) is -0.240. The molecule has 2 aliphatic rings. The highest BCUT2D eigenvalue weighted by molar-refractivity contribution is 6.45. The number of para-hydroxylation sites is 1. The first-order chi connectivity index (χ1) is 12.7. The maximum Gasteiger partial charge on any atom is 0.287 e. The summed E-state index contributed by atoms with van der Waals surface area (Å²) in [4.78, 5) is 16.6. The standard InChI is InChI=1S/C20H19N5O/c1-15-7-9-17(10-8-15)25-19-14-23(16-5-3-2-4-6-16)11-12-24(19)20(26)18(13-21)22-25/h2-10,19H,11-12,14H2,1H3/t19-/m0/s1. The fraction of sp³-hybridized carbons (Fsp3) is 0.250. The van der Waals surface area contributed by atoms with Crippen molar-refractivity contribution in [2.75, 3.05) is 29.5 Å². The van der Waals surface area contributed by atoms with Crippen molar-refractivity contribution in [2.45, 2.75) is 13.1 Å². The molecule has 0 spiro atoms. The molecule has 0 aliphatic carbocycles. The molecule has 26 heavy (non-hydrogen) atoms. The summed E-state index contributed by atoms with van der Waals surface area (Å²) >= 11 is 0. The molecule has 6 nitrogen and oxygen atoms in total. The van der Waals surface area contributed by atoms with Crippen LogP contribution >= 0.6 is 0 Å². The first kappa shape index (κ1) is 16.2. The molecule has 0 bridgehead atoms. The van der Waals surface area contributed by atoms with E-state index in [0.29, 0.717) is 13.1 Å². The van der Waals surface area contributed by atoms with Gasteiger partial charge in [0.25, 0.3) is 5.91 Å². The van der Waals surface area contributed by atoms with Crippen molar-refractivity contribution in [3.8, 4) is 6.07 Å². The number of nitrogens with zero attached hydrogens (tertiary/aromatic N) is 5. The van der Waals surface area contributed by atoms with Gasteiger partial charge in [-0.1, -0.05) is 35.9 Å². The number of carbonyl (C=O) groups excluding carboxylic acids is 1. The van der Waals surface area contributed by atoms with Gasteiger partial charge in [-0.25, -0.2) is 5.01 Å². The molecule has 1 atom stereocenters. The highest BCUT2D eigenvalue weighted by Crippen LogP contribution is 2.28. The van der Waals surface area contributed by atoms with Crippen LogP contribution in [0.3, 0.4) is 0 Å². The maximum absolute atomic E-state index is 12.6. The minimum absolute atomic E-state index is 0.0602. The Morgan fingerprint density at radius 2 is 1.77 bits per heavy atom. The summed E-state index contributed by atoms with van der Waals surface area (Å²) in [7, 11) is 0. The average Bonchev–Trinajstić information content (AvgIpc) is 2.69. The summed E-state index contributed by atoms with van der Waals surface area (Å²) < 4.78 is 0. The Morgan fingerprint density at radius 3 is 2.46 bits per heavy atom. The number of hydrogen-bond donors (Lipinski definition) is 0. The number of amides is 1. The first-order valence-corrected chi connectivity index (χ1v) is 8.63. The number of benzene rings is 2. The van der Waals surface area contributed by atoms with E-state index in [1.807, 2.05) is 55.5 Å². The molecule has 0 aromatic heterocycles. The van der Waals surface area contributed by atoms with Crippen molar-refractivity contribution in [3.63, 3.8) is 0 Å². The molecule has 2 aromatic rings. The zero-order chi connectivity index (χ0) is 18.1. The van der Waals surface area contributed by atoms with E-state index in [0.717, 1.165) is 23.5 Å². The quantitative estimate of drug-likeness (QED) is 0.838. The number of aryl methyl sites for hydroxylation is 1. The number of nitriles is 1. The van der Waals surface area contributed by atoms with Crippen LogP contribution in [0.1, 0.15) is 5.56 Å². The van der Waals surface area contributed by atoms with Gasteiger partial charge >= 0.3 is 0 Å². The zero-order valence-corrected chi connectivity index (χ0v) is 14.5. The third kappa shape index (κ3) is 2.78. The topological polar surface area (TPSA) is 62.9 Å². The van der Waals surface area contributed by atoms with Crippen molar-refractivity contribution in [1.29, 1.82) is 5.26 Å². The molecule has 1 saturated heterocycles. The van der Waals surface area contributed by atoms with Crippen molar-refractivity contribution >= 4 is 23.0 Å². The highest BCUT2D eigenvalue weighted by atomic mass is 16.2. The van der Waals surface area contributed by atoms with Crippen molar-refractivity contribution in [1.82, 2.24) is 4.90 Å². The van der Waals surface area contributed by atoms with Crippen molar-refractivity contribution in [2.24, 2.45) is 5.10 Å². The Bertz CT molecular complexity index is 885.